The number of carbonyl (C=O) groups excluding carboxylic acids is 1. The fourth-order valence-electron chi connectivity index (χ4n) is 3.26. The molecule has 1 aromatic carbocycles. The van der Waals surface area contributed by atoms with Gasteiger partial charge in [0.1, 0.15) is 5.82 Å². The lowest BCUT2D eigenvalue weighted by molar-refractivity contribution is -0.131. The van der Waals surface area contributed by atoms with Gasteiger partial charge in [0, 0.05) is 6.42 Å². The van der Waals surface area contributed by atoms with Gasteiger partial charge in [-0.05, 0) is 67.7 Å². The van der Waals surface area contributed by atoms with Crippen LogP contribution >= 0.6 is 0 Å². The maximum absolute atomic E-state index is 13.2. The highest BCUT2D eigenvalue weighted by Gasteiger charge is 2.24. The quantitative estimate of drug-likeness (QED) is 0.302. The van der Waals surface area contributed by atoms with E-state index >= 15 is 0 Å². The van der Waals surface area contributed by atoms with Gasteiger partial charge in [0.05, 0.1) is 6.54 Å². The Morgan fingerprint density at radius 2 is 1.65 bits per heavy atom. The van der Waals surface area contributed by atoms with Crippen LogP contribution in [0.15, 0.2) is 83.2 Å². The molecule has 1 rings (SSSR count). The first-order valence-corrected chi connectivity index (χ1v) is 10.7. The molecule has 0 aliphatic heterocycles. The van der Waals surface area contributed by atoms with Gasteiger partial charge in [-0.15, -0.1) is 0 Å². The molecule has 0 N–H and O–H groups in total. The van der Waals surface area contributed by atoms with Gasteiger partial charge >= 0.3 is 0 Å². The fraction of sp³-hybridized carbons (Fsp3) is 0.357. The minimum Gasteiger partial charge on any atom is -0.292 e. The van der Waals surface area contributed by atoms with Gasteiger partial charge in [-0.2, -0.15) is 0 Å². The molecule has 0 aliphatic carbocycles. The Morgan fingerprint density at radius 1 is 1.06 bits per heavy atom. The Morgan fingerprint density at radius 3 is 2.13 bits per heavy atom. The summed E-state index contributed by atoms with van der Waals surface area (Å²) in [5.41, 5.74) is 5.08. The molecular weight excluding hydrogens is 380 g/mol. The van der Waals surface area contributed by atoms with Crippen molar-refractivity contribution in [3.8, 4) is 0 Å². The lowest BCUT2D eigenvalue weighted by Gasteiger charge is -2.28. The molecule has 3 nitrogen and oxygen atoms in total. The van der Waals surface area contributed by atoms with Crippen molar-refractivity contribution in [3.05, 3.63) is 89.3 Å². The normalized spacial score (nSPS) is 13.5. The van der Waals surface area contributed by atoms with E-state index < -0.39 is 0 Å². The number of hydrogen-bond acceptors (Lipinski definition) is 2. The Labute approximate surface area is 189 Å². The van der Waals surface area contributed by atoms with E-state index in [0.29, 0.717) is 18.8 Å². The summed E-state index contributed by atoms with van der Waals surface area (Å²) in [6.07, 6.45) is 10.4. The molecule has 31 heavy (non-hydrogen) atoms. The van der Waals surface area contributed by atoms with Crippen LogP contribution in [-0.2, 0) is 11.3 Å². The van der Waals surface area contributed by atoms with Gasteiger partial charge < -0.3 is 0 Å². The summed E-state index contributed by atoms with van der Waals surface area (Å²) in [4.78, 5) is 19.1. The maximum Gasteiger partial charge on any atom is 0.228 e. The summed E-state index contributed by atoms with van der Waals surface area (Å²) < 4.78 is 0. The zero-order valence-electron chi connectivity index (χ0n) is 20.3. The van der Waals surface area contributed by atoms with Gasteiger partial charge in [0.15, 0.2) is 0 Å². The van der Waals surface area contributed by atoms with Gasteiger partial charge in [-0.25, -0.2) is 4.99 Å². The van der Waals surface area contributed by atoms with E-state index in [9.17, 15) is 4.79 Å². The van der Waals surface area contributed by atoms with Crippen molar-refractivity contribution in [2.75, 3.05) is 0 Å². The van der Waals surface area contributed by atoms with Crippen molar-refractivity contribution in [1.29, 1.82) is 0 Å². The topological polar surface area (TPSA) is 32.7 Å². The molecule has 166 valence electrons. The highest BCUT2D eigenvalue weighted by molar-refractivity contribution is 5.79. The van der Waals surface area contributed by atoms with Crippen LogP contribution in [0.5, 0.6) is 0 Å². The second-order valence-electron chi connectivity index (χ2n) is 8.98. The molecule has 0 radical (unpaired) electrons. The summed E-state index contributed by atoms with van der Waals surface area (Å²) in [6.45, 7) is 22.4. The average Bonchev–Trinajstić information content (AvgIpc) is 2.67. The molecule has 0 fully saturated rings. The first-order chi connectivity index (χ1) is 14.5. The smallest absolute Gasteiger partial charge is 0.228 e. The van der Waals surface area contributed by atoms with Crippen LogP contribution in [0.2, 0.25) is 0 Å². The number of hydrogen-bond donors (Lipinski definition) is 0. The van der Waals surface area contributed by atoms with E-state index in [1.54, 1.807) is 4.90 Å². The number of aliphatic imine (C=N–C) groups is 1. The van der Waals surface area contributed by atoms with Crippen LogP contribution in [0.4, 0.5) is 0 Å². The van der Waals surface area contributed by atoms with Gasteiger partial charge in [-0.3, -0.25) is 9.69 Å². The molecule has 0 spiro atoms. The lowest BCUT2D eigenvalue weighted by Crippen LogP contribution is -2.32. The zero-order valence-corrected chi connectivity index (χ0v) is 20.3. The molecular formula is C28H38N2O. The van der Waals surface area contributed by atoms with E-state index in [4.69, 9.17) is 0 Å². The van der Waals surface area contributed by atoms with Crippen LogP contribution in [0.3, 0.4) is 0 Å². The predicted molar refractivity (Wildman–Crippen MR) is 136 cm³/mol. The van der Waals surface area contributed by atoms with Crippen LogP contribution in [0, 0.1) is 5.41 Å². The molecule has 0 atom stereocenters. The summed E-state index contributed by atoms with van der Waals surface area (Å²) in [5, 5.41) is 0. The number of benzene rings is 1. The van der Waals surface area contributed by atoms with Gasteiger partial charge in [0.25, 0.3) is 0 Å². The molecule has 0 bridgehead atoms. The number of amides is 1. The Balaban J connectivity index is 3.25. The number of allylic oxidation sites excluding steroid dienone is 8. The number of nitrogens with zero attached hydrogens (tertiary/aromatic N) is 2. The first-order valence-electron chi connectivity index (χ1n) is 10.7. The molecule has 3 heteroatoms. The molecule has 1 aromatic rings. The van der Waals surface area contributed by atoms with E-state index in [1.807, 2.05) is 45.1 Å². The largest absolute Gasteiger partial charge is 0.292 e. The minimum absolute atomic E-state index is 0.0431. The van der Waals surface area contributed by atoms with Crippen LogP contribution < -0.4 is 0 Å². The Kier molecular flexibility index (Phi) is 10.1. The van der Waals surface area contributed by atoms with Crippen molar-refractivity contribution in [1.82, 2.24) is 4.90 Å². The third-order valence-electron chi connectivity index (χ3n) is 4.69. The Hall–Kier alpha value is -2.94. The Bertz CT molecular complexity index is 903. The molecule has 1 amide bonds. The maximum atomic E-state index is 13.2. The SMILES string of the molecule is C=N/C(=C(C)/C=C\C)N(Cc1ccc(/C(C)=C/C(=C)/C=C\C)cc1)C(=O)CC(C)(C)C. The van der Waals surface area contributed by atoms with Crippen molar-refractivity contribution in [3.63, 3.8) is 0 Å². The molecule has 0 aliphatic rings. The van der Waals surface area contributed by atoms with Crippen molar-refractivity contribution in [2.45, 2.75) is 61.4 Å². The summed E-state index contributed by atoms with van der Waals surface area (Å²) in [7, 11) is 0. The van der Waals surface area contributed by atoms with E-state index in [1.165, 1.54) is 0 Å². The molecule has 0 unspecified atom stereocenters. The van der Waals surface area contributed by atoms with Crippen LogP contribution in [0.1, 0.15) is 66.0 Å². The minimum atomic E-state index is -0.114. The summed E-state index contributed by atoms with van der Waals surface area (Å²) in [5.74, 6) is 0.650. The molecule has 0 heterocycles. The lowest BCUT2D eigenvalue weighted by atomic mass is 9.91. The second kappa shape index (κ2) is 12.0. The van der Waals surface area contributed by atoms with Crippen molar-refractivity contribution in [2.24, 2.45) is 10.4 Å². The van der Waals surface area contributed by atoms with Crippen molar-refractivity contribution >= 4 is 18.2 Å². The van der Waals surface area contributed by atoms with Crippen LogP contribution in [-0.4, -0.2) is 17.5 Å². The highest BCUT2D eigenvalue weighted by Crippen LogP contribution is 2.25. The highest BCUT2D eigenvalue weighted by atomic mass is 16.2. The molecule has 0 saturated carbocycles. The summed E-state index contributed by atoms with van der Waals surface area (Å²) in [6, 6.07) is 8.29. The predicted octanol–water partition coefficient (Wildman–Crippen LogP) is 7.50. The third kappa shape index (κ3) is 8.75. The van der Waals surface area contributed by atoms with Gasteiger partial charge in [-0.1, -0.05) is 82.0 Å². The average molecular weight is 419 g/mol. The van der Waals surface area contributed by atoms with E-state index in [0.717, 1.165) is 27.8 Å². The zero-order chi connectivity index (χ0) is 23.6. The third-order valence-corrected chi connectivity index (χ3v) is 4.69. The molecule has 0 aromatic heterocycles. The monoisotopic (exact) mass is 418 g/mol. The van der Waals surface area contributed by atoms with Gasteiger partial charge in [0.2, 0.25) is 5.91 Å². The van der Waals surface area contributed by atoms with E-state index in [-0.39, 0.29) is 11.3 Å². The number of rotatable bonds is 9. The standard InChI is InChI=1S/C28H38N2O/c1-10-12-21(3)18-23(5)25-16-14-24(15-17-25)20-30(26(31)19-28(6,7)8)27(29-9)22(4)13-11-2/h10-18H,3,9,19-20H2,1-2,4-8H3/b12-10-,13-11-,23-18+,27-22-. The van der Waals surface area contributed by atoms with Crippen molar-refractivity contribution < 1.29 is 4.79 Å². The fourth-order valence-corrected chi connectivity index (χ4v) is 3.26. The second-order valence-corrected chi connectivity index (χ2v) is 8.98. The summed E-state index contributed by atoms with van der Waals surface area (Å²) >= 11 is 0. The number of carbonyl (C=O) groups is 1. The van der Waals surface area contributed by atoms with Crippen LogP contribution in [0.25, 0.3) is 5.57 Å². The first kappa shape index (κ1) is 26.1. The molecule has 0 saturated heterocycles. The van der Waals surface area contributed by atoms with E-state index in [2.05, 4.69) is 76.3 Å².